The van der Waals surface area contributed by atoms with Crippen LogP contribution in [0, 0.1) is 5.92 Å². The summed E-state index contributed by atoms with van der Waals surface area (Å²) in [5, 5.41) is 15.0. The van der Waals surface area contributed by atoms with Crippen molar-refractivity contribution in [1.29, 1.82) is 0 Å². The van der Waals surface area contributed by atoms with Crippen LogP contribution in [0.3, 0.4) is 0 Å². The molecule has 21 heavy (non-hydrogen) atoms. The molecule has 1 aromatic rings. The van der Waals surface area contributed by atoms with E-state index in [1.807, 2.05) is 12.1 Å². The molecule has 1 aliphatic carbocycles. The molecule has 1 aliphatic rings. The highest BCUT2D eigenvalue weighted by Crippen LogP contribution is 2.27. The summed E-state index contributed by atoms with van der Waals surface area (Å²) in [5.74, 6) is 0.103. The van der Waals surface area contributed by atoms with Gasteiger partial charge in [0.05, 0.1) is 6.04 Å². The van der Waals surface area contributed by atoms with Gasteiger partial charge in [-0.25, -0.2) is 0 Å². The minimum absolute atomic E-state index is 0.0763. The van der Waals surface area contributed by atoms with Gasteiger partial charge < -0.3 is 16.3 Å². The molecule has 1 saturated carbocycles. The Bertz CT molecular complexity index is 510. The minimum atomic E-state index is -0.411. The van der Waals surface area contributed by atoms with Crippen molar-refractivity contribution in [3.8, 4) is 0 Å². The zero-order valence-electron chi connectivity index (χ0n) is 11.8. The first kappa shape index (κ1) is 15.8. The van der Waals surface area contributed by atoms with E-state index in [2.05, 4.69) is 26.4 Å². The standard InChI is InChI=1S/C15H20BrN3O2/c16-12-8-6-11(7-9-12)15(20)18-13(14(17)19-21)10-4-2-1-3-5-10/h6-10,13,21H,1-5H2,(H2,17,19)(H,18,20). The molecule has 0 bridgehead atoms. The lowest BCUT2D eigenvalue weighted by Gasteiger charge is -2.30. The van der Waals surface area contributed by atoms with Crippen LogP contribution >= 0.6 is 15.9 Å². The summed E-state index contributed by atoms with van der Waals surface area (Å²) in [6.07, 6.45) is 5.42. The fourth-order valence-corrected chi connectivity index (χ4v) is 3.05. The van der Waals surface area contributed by atoms with E-state index in [-0.39, 0.29) is 17.7 Å². The van der Waals surface area contributed by atoms with Crippen LogP contribution in [0.15, 0.2) is 33.9 Å². The first-order valence-corrected chi connectivity index (χ1v) is 7.95. The third-order valence-electron chi connectivity index (χ3n) is 3.95. The molecule has 0 aromatic heterocycles. The highest BCUT2D eigenvalue weighted by atomic mass is 79.9. The highest BCUT2D eigenvalue weighted by molar-refractivity contribution is 9.10. The molecule has 0 radical (unpaired) electrons. The van der Waals surface area contributed by atoms with Crippen molar-refractivity contribution >= 4 is 27.7 Å². The second kappa shape index (κ2) is 7.45. The fourth-order valence-electron chi connectivity index (χ4n) is 2.79. The normalized spacial score (nSPS) is 18.2. The van der Waals surface area contributed by atoms with Gasteiger partial charge >= 0.3 is 0 Å². The molecule has 114 valence electrons. The Morgan fingerprint density at radius 3 is 2.48 bits per heavy atom. The van der Waals surface area contributed by atoms with Crippen molar-refractivity contribution in [2.75, 3.05) is 0 Å². The summed E-state index contributed by atoms with van der Waals surface area (Å²) in [7, 11) is 0. The molecular weight excluding hydrogens is 334 g/mol. The second-order valence-electron chi connectivity index (χ2n) is 5.38. The number of hydrogen-bond donors (Lipinski definition) is 3. The van der Waals surface area contributed by atoms with Gasteiger partial charge in [0.25, 0.3) is 5.91 Å². The van der Waals surface area contributed by atoms with Gasteiger partial charge in [-0.05, 0) is 43.0 Å². The summed E-state index contributed by atoms with van der Waals surface area (Å²) < 4.78 is 0.916. The topological polar surface area (TPSA) is 87.7 Å². The average molecular weight is 354 g/mol. The van der Waals surface area contributed by atoms with E-state index in [9.17, 15) is 4.79 Å². The van der Waals surface area contributed by atoms with Gasteiger partial charge in [0.2, 0.25) is 0 Å². The minimum Gasteiger partial charge on any atom is -0.409 e. The van der Waals surface area contributed by atoms with Crippen LogP contribution in [-0.2, 0) is 0 Å². The number of rotatable bonds is 4. The largest absolute Gasteiger partial charge is 0.409 e. The lowest BCUT2D eigenvalue weighted by molar-refractivity contribution is 0.0930. The average Bonchev–Trinajstić information content (AvgIpc) is 2.53. The number of oxime groups is 1. The number of amidine groups is 1. The van der Waals surface area contributed by atoms with Crippen molar-refractivity contribution in [3.63, 3.8) is 0 Å². The van der Waals surface area contributed by atoms with Gasteiger partial charge in [0.1, 0.15) is 0 Å². The van der Waals surface area contributed by atoms with Crippen molar-refractivity contribution in [3.05, 3.63) is 34.3 Å². The highest BCUT2D eigenvalue weighted by Gasteiger charge is 2.28. The van der Waals surface area contributed by atoms with Crippen LogP contribution in [0.1, 0.15) is 42.5 Å². The van der Waals surface area contributed by atoms with Gasteiger partial charge in [0.15, 0.2) is 5.84 Å². The van der Waals surface area contributed by atoms with E-state index >= 15 is 0 Å². The van der Waals surface area contributed by atoms with Crippen LogP contribution in [0.5, 0.6) is 0 Å². The smallest absolute Gasteiger partial charge is 0.251 e. The molecule has 1 amide bonds. The monoisotopic (exact) mass is 353 g/mol. The molecular formula is C15H20BrN3O2. The molecule has 0 heterocycles. The Hall–Kier alpha value is -1.56. The molecule has 0 saturated heterocycles. The Kier molecular flexibility index (Phi) is 5.61. The number of carbonyl (C=O) groups is 1. The summed E-state index contributed by atoms with van der Waals surface area (Å²) >= 11 is 3.34. The number of benzene rings is 1. The van der Waals surface area contributed by atoms with Crippen molar-refractivity contribution in [2.24, 2.45) is 16.8 Å². The molecule has 0 spiro atoms. The molecule has 1 aromatic carbocycles. The number of nitrogens with zero attached hydrogens (tertiary/aromatic N) is 1. The summed E-state index contributed by atoms with van der Waals surface area (Å²) in [6, 6.07) is 6.70. The summed E-state index contributed by atoms with van der Waals surface area (Å²) in [6.45, 7) is 0. The number of nitrogens with two attached hydrogens (primary N) is 1. The van der Waals surface area contributed by atoms with Gasteiger partial charge in [0, 0.05) is 10.0 Å². The summed E-state index contributed by atoms with van der Waals surface area (Å²) in [5.41, 5.74) is 6.34. The first-order valence-electron chi connectivity index (χ1n) is 7.15. The maximum absolute atomic E-state index is 12.3. The van der Waals surface area contributed by atoms with Crippen molar-refractivity contribution < 1.29 is 10.0 Å². The Labute approximate surface area is 132 Å². The Morgan fingerprint density at radius 2 is 1.90 bits per heavy atom. The number of hydrogen-bond acceptors (Lipinski definition) is 3. The summed E-state index contributed by atoms with van der Waals surface area (Å²) in [4.78, 5) is 12.3. The van der Waals surface area contributed by atoms with Gasteiger partial charge in [-0.1, -0.05) is 40.3 Å². The molecule has 1 fully saturated rings. The van der Waals surface area contributed by atoms with E-state index < -0.39 is 6.04 Å². The first-order chi connectivity index (χ1) is 10.1. The molecule has 0 aliphatic heterocycles. The predicted octanol–water partition coefficient (Wildman–Crippen LogP) is 2.87. The van der Waals surface area contributed by atoms with Crippen LogP contribution < -0.4 is 11.1 Å². The third-order valence-corrected chi connectivity index (χ3v) is 4.48. The van der Waals surface area contributed by atoms with E-state index in [0.29, 0.717) is 5.56 Å². The van der Waals surface area contributed by atoms with E-state index in [1.54, 1.807) is 12.1 Å². The van der Waals surface area contributed by atoms with E-state index in [4.69, 9.17) is 10.9 Å². The lowest BCUT2D eigenvalue weighted by atomic mass is 9.83. The fraction of sp³-hybridized carbons (Fsp3) is 0.467. The van der Waals surface area contributed by atoms with E-state index in [0.717, 1.165) is 30.2 Å². The number of carbonyl (C=O) groups excluding carboxylic acids is 1. The molecule has 6 heteroatoms. The maximum atomic E-state index is 12.3. The lowest BCUT2D eigenvalue weighted by Crippen LogP contribution is -2.49. The van der Waals surface area contributed by atoms with Crippen molar-refractivity contribution in [2.45, 2.75) is 38.1 Å². The zero-order chi connectivity index (χ0) is 15.2. The van der Waals surface area contributed by atoms with Crippen LogP contribution in [-0.4, -0.2) is 23.0 Å². The van der Waals surface area contributed by atoms with Gasteiger partial charge in [-0.2, -0.15) is 0 Å². The quantitative estimate of drug-likeness (QED) is 0.336. The van der Waals surface area contributed by atoms with Crippen LogP contribution in [0.4, 0.5) is 0 Å². The molecule has 5 nitrogen and oxygen atoms in total. The third kappa shape index (κ3) is 4.20. The van der Waals surface area contributed by atoms with Crippen molar-refractivity contribution in [1.82, 2.24) is 5.32 Å². The van der Waals surface area contributed by atoms with Crippen LogP contribution in [0.25, 0.3) is 0 Å². The molecule has 1 atom stereocenters. The number of amides is 1. The Morgan fingerprint density at radius 1 is 1.29 bits per heavy atom. The molecule has 2 rings (SSSR count). The second-order valence-corrected chi connectivity index (χ2v) is 6.30. The predicted molar refractivity (Wildman–Crippen MR) is 85.4 cm³/mol. The Balaban J connectivity index is 2.10. The zero-order valence-corrected chi connectivity index (χ0v) is 13.3. The van der Waals surface area contributed by atoms with E-state index in [1.165, 1.54) is 6.42 Å². The maximum Gasteiger partial charge on any atom is 0.251 e. The molecule has 4 N–H and O–H groups in total. The number of nitrogens with one attached hydrogen (secondary N) is 1. The van der Waals surface area contributed by atoms with Gasteiger partial charge in [-0.3, -0.25) is 4.79 Å². The SMILES string of the molecule is N/C(=N\O)C(NC(=O)c1ccc(Br)cc1)C1CCCCC1. The van der Waals surface area contributed by atoms with Gasteiger partial charge in [-0.15, -0.1) is 0 Å². The number of halogens is 1. The molecule has 1 unspecified atom stereocenters. The van der Waals surface area contributed by atoms with Crippen LogP contribution in [0.2, 0.25) is 0 Å².